The lowest BCUT2D eigenvalue weighted by molar-refractivity contribution is 0.0849. The van der Waals surface area contributed by atoms with E-state index in [1.165, 1.54) is 35.2 Å². The highest BCUT2D eigenvalue weighted by Gasteiger charge is 2.14. The molecule has 8 heteroatoms. The molecule has 27 heavy (non-hydrogen) atoms. The minimum absolute atomic E-state index is 0.280. The maximum absolute atomic E-state index is 13.0. The normalized spacial score (nSPS) is 10.5. The number of benzene rings is 2. The second-order valence-electron chi connectivity index (χ2n) is 5.42. The van der Waals surface area contributed by atoms with E-state index in [0.29, 0.717) is 9.90 Å². The molecule has 3 rings (SSSR count). The van der Waals surface area contributed by atoms with Gasteiger partial charge in [0.1, 0.15) is 5.82 Å². The second kappa shape index (κ2) is 8.56. The van der Waals surface area contributed by atoms with Gasteiger partial charge in [-0.15, -0.1) is 23.1 Å². The molecule has 0 aliphatic rings. The molecule has 0 bridgehead atoms. The first-order valence-electron chi connectivity index (χ1n) is 7.78. The first kappa shape index (κ1) is 19.4. The summed E-state index contributed by atoms with van der Waals surface area (Å²) in [6.07, 6.45) is 1.89. The number of carbonyl (C=O) groups excluding carboxylic acids is 2. The van der Waals surface area contributed by atoms with Crippen molar-refractivity contribution in [1.82, 2.24) is 10.9 Å². The summed E-state index contributed by atoms with van der Waals surface area (Å²) in [6, 6.07) is 14.5. The van der Waals surface area contributed by atoms with Gasteiger partial charge in [0, 0.05) is 9.77 Å². The Labute approximate surface area is 168 Å². The number of amides is 2. The maximum Gasteiger partial charge on any atom is 0.279 e. The lowest BCUT2D eigenvalue weighted by Gasteiger charge is -2.08. The van der Waals surface area contributed by atoms with Crippen molar-refractivity contribution in [1.29, 1.82) is 0 Å². The Bertz CT molecular complexity index is 990. The maximum atomic E-state index is 13.0. The van der Waals surface area contributed by atoms with Crippen molar-refractivity contribution in [3.05, 3.63) is 75.9 Å². The van der Waals surface area contributed by atoms with Crippen molar-refractivity contribution >= 4 is 46.5 Å². The summed E-state index contributed by atoms with van der Waals surface area (Å²) >= 11 is 8.78. The molecule has 0 saturated carbocycles. The Balaban J connectivity index is 1.66. The van der Waals surface area contributed by atoms with Crippen LogP contribution in [0.5, 0.6) is 0 Å². The van der Waals surface area contributed by atoms with E-state index in [0.717, 1.165) is 15.3 Å². The van der Waals surface area contributed by atoms with Crippen LogP contribution in [-0.4, -0.2) is 18.1 Å². The van der Waals surface area contributed by atoms with Crippen LogP contribution in [0.3, 0.4) is 0 Å². The van der Waals surface area contributed by atoms with Crippen molar-refractivity contribution in [3.63, 3.8) is 0 Å². The highest BCUT2D eigenvalue weighted by molar-refractivity contribution is 7.98. The van der Waals surface area contributed by atoms with E-state index in [9.17, 15) is 14.0 Å². The van der Waals surface area contributed by atoms with Crippen molar-refractivity contribution in [2.75, 3.05) is 6.26 Å². The lowest BCUT2D eigenvalue weighted by Crippen LogP contribution is -2.41. The van der Waals surface area contributed by atoms with Gasteiger partial charge in [-0.1, -0.05) is 23.7 Å². The minimum atomic E-state index is -0.500. The van der Waals surface area contributed by atoms with Gasteiger partial charge in [-0.3, -0.25) is 20.4 Å². The van der Waals surface area contributed by atoms with Gasteiger partial charge in [0.2, 0.25) is 0 Å². The Hall–Kier alpha value is -2.35. The number of halogens is 2. The smallest absolute Gasteiger partial charge is 0.267 e. The first-order chi connectivity index (χ1) is 13.0. The SMILES string of the molecule is CSc1ccc(Cl)c(C(=O)NNC(=O)c2ccc(-c3ccc(F)cc3)s2)c1. The molecule has 0 radical (unpaired) electrons. The van der Waals surface area contributed by atoms with Crippen LogP contribution in [0.25, 0.3) is 10.4 Å². The quantitative estimate of drug-likeness (QED) is 0.461. The number of hydrogen-bond acceptors (Lipinski definition) is 4. The number of hydrogen-bond donors (Lipinski definition) is 2. The molecule has 0 aliphatic carbocycles. The zero-order valence-corrected chi connectivity index (χ0v) is 16.5. The molecular weight excluding hydrogens is 407 g/mol. The van der Waals surface area contributed by atoms with Gasteiger partial charge in [0.05, 0.1) is 15.5 Å². The molecule has 2 amide bonds. The fraction of sp³-hybridized carbons (Fsp3) is 0.0526. The first-order valence-corrected chi connectivity index (χ1v) is 10.2. The highest BCUT2D eigenvalue weighted by atomic mass is 35.5. The van der Waals surface area contributed by atoms with Gasteiger partial charge in [-0.05, 0) is 54.3 Å². The van der Waals surface area contributed by atoms with Crippen molar-refractivity contribution in [3.8, 4) is 10.4 Å². The zero-order valence-electron chi connectivity index (χ0n) is 14.1. The van der Waals surface area contributed by atoms with Gasteiger partial charge in [-0.2, -0.15) is 0 Å². The summed E-state index contributed by atoms with van der Waals surface area (Å²) in [5, 5.41) is 0.300. The molecular formula is C19H14ClFN2O2S2. The Morgan fingerprint density at radius 3 is 2.41 bits per heavy atom. The minimum Gasteiger partial charge on any atom is -0.267 e. The Morgan fingerprint density at radius 2 is 1.70 bits per heavy atom. The Morgan fingerprint density at radius 1 is 1.00 bits per heavy atom. The average Bonchev–Trinajstić information content (AvgIpc) is 3.17. The number of hydrazine groups is 1. The molecule has 1 heterocycles. The molecule has 138 valence electrons. The van der Waals surface area contributed by atoms with Crippen molar-refractivity contribution in [2.45, 2.75) is 4.90 Å². The molecule has 1 aromatic heterocycles. The van der Waals surface area contributed by atoms with E-state index in [-0.39, 0.29) is 11.4 Å². The van der Waals surface area contributed by atoms with E-state index in [1.807, 2.05) is 12.3 Å². The van der Waals surface area contributed by atoms with Gasteiger partial charge >= 0.3 is 0 Å². The van der Waals surface area contributed by atoms with E-state index >= 15 is 0 Å². The van der Waals surface area contributed by atoms with E-state index in [4.69, 9.17) is 11.6 Å². The molecule has 0 fully saturated rings. The summed E-state index contributed by atoms with van der Waals surface area (Å²) in [6.45, 7) is 0. The fourth-order valence-electron chi connectivity index (χ4n) is 2.28. The summed E-state index contributed by atoms with van der Waals surface area (Å²) < 4.78 is 13.0. The fourth-order valence-corrected chi connectivity index (χ4v) is 3.83. The third kappa shape index (κ3) is 4.68. The van der Waals surface area contributed by atoms with Crippen LogP contribution in [-0.2, 0) is 0 Å². The third-order valence-corrected chi connectivity index (χ3v) is 5.85. The van der Waals surface area contributed by atoms with E-state index in [2.05, 4.69) is 10.9 Å². The molecule has 0 unspecified atom stereocenters. The van der Waals surface area contributed by atoms with Gasteiger partial charge in [0.15, 0.2) is 0 Å². The van der Waals surface area contributed by atoms with Crippen LogP contribution in [0.15, 0.2) is 59.5 Å². The highest BCUT2D eigenvalue weighted by Crippen LogP contribution is 2.28. The molecule has 2 aromatic carbocycles. The summed E-state index contributed by atoms with van der Waals surface area (Å²) in [7, 11) is 0. The van der Waals surface area contributed by atoms with Gasteiger partial charge < -0.3 is 0 Å². The number of thioether (sulfide) groups is 1. The zero-order chi connectivity index (χ0) is 19.4. The van der Waals surface area contributed by atoms with Gasteiger partial charge in [0.25, 0.3) is 11.8 Å². The molecule has 2 N–H and O–H groups in total. The van der Waals surface area contributed by atoms with Crippen LogP contribution < -0.4 is 10.9 Å². The van der Waals surface area contributed by atoms with Crippen LogP contribution in [0.2, 0.25) is 5.02 Å². The molecule has 0 spiro atoms. The number of thiophene rings is 1. The molecule has 0 atom stereocenters. The van der Waals surface area contributed by atoms with Crippen LogP contribution in [0.4, 0.5) is 4.39 Å². The number of rotatable bonds is 4. The third-order valence-electron chi connectivity index (χ3n) is 3.67. The molecule has 3 aromatic rings. The molecule has 4 nitrogen and oxygen atoms in total. The lowest BCUT2D eigenvalue weighted by atomic mass is 10.2. The largest absolute Gasteiger partial charge is 0.279 e. The van der Waals surface area contributed by atoms with Crippen molar-refractivity contribution in [2.24, 2.45) is 0 Å². The predicted molar refractivity (Wildman–Crippen MR) is 108 cm³/mol. The summed E-state index contributed by atoms with van der Waals surface area (Å²) in [4.78, 5) is 26.7. The topological polar surface area (TPSA) is 58.2 Å². The number of carbonyl (C=O) groups is 2. The molecule has 0 saturated heterocycles. The van der Waals surface area contributed by atoms with Crippen LogP contribution >= 0.6 is 34.7 Å². The monoisotopic (exact) mass is 420 g/mol. The average molecular weight is 421 g/mol. The predicted octanol–water partition coefficient (Wildman–Crippen LogP) is 5.00. The summed E-state index contributed by atoms with van der Waals surface area (Å²) in [5.74, 6) is -1.27. The summed E-state index contributed by atoms with van der Waals surface area (Å²) in [5.41, 5.74) is 5.84. The molecule has 0 aliphatic heterocycles. The Kier molecular flexibility index (Phi) is 6.15. The second-order valence-corrected chi connectivity index (χ2v) is 7.80. The van der Waals surface area contributed by atoms with Crippen LogP contribution in [0, 0.1) is 5.82 Å². The van der Waals surface area contributed by atoms with E-state index in [1.54, 1.807) is 36.4 Å². The van der Waals surface area contributed by atoms with Crippen LogP contribution in [0.1, 0.15) is 20.0 Å². The van der Waals surface area contributed by atoms with Crippen molar-refractivity contribution < 1.29 is 14.0 Å². The van der Waals surface area contributed by atoms with Gasteiger partial charge in [-0.25, -0.2) is 4.39 Å². The standard InChI is InChI=1S/C19H14ClFN2O2S2/c1-26-13-6-7-15(20)14(10-13)18(24)22-23-19(25)17-9-8-16(27-17)11-2-4-12(21)5-3-11/h2-10H,1H3,(H,22,24)(H,23,25). The number of nitrogens with one attached hydrogen (secondary N) is 2. The van der Waals surface area contributed by atoms with E-state index < -0.39 is 11.8 Å².